The van der Waals surface area contributed by atoms with E-state index in [1.807, 2.05) is 30.3 Å². The standard InChI is InChI=1S/C24H16Cl5N3O2/c25-15-8-14(9-16(26)10-15)20-21(24(20,28)29)23(34)31-17-6-7-19(27)18(11-17)22(33)32-30-12-13-4-2-1-3-5-13/h1-12,20-21H,(H,31,34)(H,32,33)/t20-,21?/m1/s1. The Balaban J connectivity index is 1.46. The fraction of sp³-hybridized carbons (Fsp3) is 0.125. The summed E-state index contributed by atoms with van der Waals surface area (Å²) >= 11 is 31.1. The first-order valence-electron chi connectivity index (χ1n) is 9.99. The lowest BCUT2D eigenvalue weighted by molar-refractivity contribution is -0.117. The van der Waals surface area contributed by atoms with Gasteiger partial charge >= 0.3 is 0 Å². The largest absolute Gasteiger partial charge is 0.326 e. The molecular weight excluding hydrogens is 540 g/mol. The van der Waals surface area contributed by atoms with Gasteiger partial charge in [0.25, 0.3) is 5.91 Å². The monoisotopic (exact) mass is 553 g/mol. The number of benzene rings is 3. The Labute approximate surface area is 221 Å². The first-order valence-corrected chi connectivity index (χ1v) is 11.9. The number of halogens is 5. The van der Waals surface area contributed by atoms with Crippen LogP contribution in [-0.2, 0) is 4.79 Å². The smallest absolute Gasteiger partial charge is 0.272 e. The third-order valence-electron chi connectivity index (χ3n) is 5.24. The minimum atomic E-state index is -1.32. The van der Waals surface area contributed by atoms with Crippen LogP contribution in [0.4, 0.5) is 5.69 Å². The van der Waals surface area contributed by atoms with Gasteiger partial charge in [-0.1, -0.05) is 65.1 Å². The molecule has 0 saturated heterocycles. The molecule has 0 aliphatic heterocycles. The number of hydrogen-bond donors (Lipinski definition) is 2. The summed E-state index contributed by atoms with van der Waals surface area (Å²) in [6.07, 6.45) is 1.51. The molecule has 4 rings (SSSR count). The van der Waals surface area contributed by atoms with Crippen molar-refractivity contribution in [2.24, 2.45) is 11.0 Å². The third kappa shape index (κ3) is 5.51. The molecule has 1 unspecified atom stereocenters. The van der Waals surface area contributed by atoms with Crippen molar-refractivity contribution in [3.8, 4) is 0 Å². The highest BCUT2D eigenvalue weighted by Gasteiger charge is 2.67. The van der Waals surface area contributed by atoms with E-state index >= 15 is 0 Å². The highest BCUT2D eigenvalue weighted by atomic mass is 35.5. The maximum absolute atomic E-state index is 12.9. The third-order valence-corrected chi connectivity index (χ3v) is 6.94. The summed E-state index contributed by atoms with van der Waals surface area (Å²) in [6, 6.07) is 18.7. The zero-order valence-electron chi connectivity index (χ0n) is 17.2. The van der Waals surface area contributed by atoms with Crippen molar-refractivity contribution in [3.63, 3.8) is 0 Å². The van der Waals surface area contributed by atoms with E-state index in [1.54, 1.807) is 24.3 Å². The fourth-order valence-corrected chi connectivity index (χ4v) is 5.16. The van der Waals surface area contributed by atoms with E-state index in [0.717, 1.165) is 5.56 Å². The Morgan fingerprint density at radius 1 is 0.912 bits per heavy atom. The van der Waals surface area contributed by atoms with Crippen LogP contribution >= 0.6 is 58.0 Å². The number of rotatable bonds is 6. The summed E-state index contributed by atoms with van der Waals surface area (Å²) in [5.74, 6) is -2.18. The topological polar surface area (TPSA) is 70.6 Å². The summed E-state index contributed by atoms with van der Waals surface area (Å²) in [7, 11) is 0. The first-order chi connectivity index (χ1) is 16.2. The average molecular weight is 556 g/mol. The number of carbonyl (C=O) groups is 2. The van der Waals surface area contributed by atoms with Crippen LogP contribution in [0.1, 0.15) is 27.4 Å². The summed E-state index contributed by atoms with van der Waals surface area (Å²) < 4.78 is -1.32. The zero-order valence-corrected chi connectivity index (χ0v) is 21.0. The fourth-order valence-electron chi connectivity index (χ4n) is 3.58. The van der Waals surface area contributed by atoms with Crippen LogP contribution in [0.2, 0.25) is 15.1 Å². The predicted octanol–water partition coefficient (Wildman–Crippen LogP) is 6.94. The second kappa shape index (κ2) is 10.1. The summed E-state index contributed by atoms with van der Waals surface area (Å²) in [4.78, 5) is 25.5. The van der Waals surface area contributed by atoms with Gasteiger partial charge in [0.05, 0.1) is 22.7 Å². The van der Waals surface area contributed by atoms with E-state index in [2.05, 4.69) is 15.8 Å². The van der Waals surface area contributed by atoms with Gasteiger partial charge in [0.15, 0.2) is 0 Å². The lowest BCUT2D eigenvalue weighted by Gasteiger charge is -2.09. The Bertz CT molecular complexity index is 1260. The van der Waals surface area contributed by atoms with Crippen molar-refractivity contribution in [1.29, 1.82) is 0 Å². The van der Waals surface area contributed by atoms with Gasteiger partial charge in [-0.05, 0) is 47.5 Å². The van der Waals surface area contributed by atoms with Gasteiger partial charge in [0.2, 0.25) is 5.91 Å². The molecule has 1 aliphatic rings. The summed E-state index contributed by atoms with van der Waals surface area (Å²) in [5, 5.41) is 7.72. The van der Waals surface area contributed by atoms with Crippen LogP contribution in [0.15, 0.2) is 71.8 Å². The van der Waals surface area contributed by atoms with Crippen LogP contribution in [0.3, 0.4) is 0 Å². The molecule has 2 amide bonds. The molecule has 0 bridgehead atoms. The zero-order chi connectivity index (χ0) is 24.5. The number of hydrazone groups is 1. The van der Waals surface area contributed by atoms with Gasteiger partial charge in [-0.3, -0.25) is 9.59 Å². The van der Waals surface area contributed by atoms with E-state index in [-0.39, 0.29) is 10.6 Å². The van der Waals surface area contributed by atoms with E-state index in [4.69, 9.17) is 58.0 Å². The van der Waals surface area contributed by atoms with Crippen molar-refractivity contribution in [1.82, 2.24) is 5.43 Å². The van der Waals surface area contributed by atoms with Gasteiger partial charge in [-0.15, -0.1) is 23.2 Å². The quantitative estimate of drug-likeness (QED) is 0.197. The Kier molecular flexibility index (Phi) is 7.41. The van der Waals surface area contributed by atoms with Crippen molar-refractivity contribution < 1.29 is 9.59 Å². The second-order valence-electron chi connectivity index (χ2n) is 7.63. The lowest BCUT2D eigenvalue weighted by Crippen LogP contribution is -2.20. The van der Waals surface area contributed by atoms with Crippen LogP contribution in [0.25, 0.3) is 0 Å². The molecule has 0 radical (unpaired) electrons. The van der Waals surface area contributed by atoms with Gasteiger partial charge in [0.1, 0.15) is 4.33 Å². The number of anilines is 1. The minimum Gasteiger partial charge on any atom is -0.326 e. The molecule has 2 N–H and O–H groups in total. The van der Waals surface area contributed by atoms with E-state index in [0.29, 0.717) is 21.3 Å². The molecule has 34 heavy (non-hydrogen) atoms. The molecule has 5 nitrogen and oxygen atoms in total. The molecule has 174 valence electrons. The number of amides is 2. The highest BCUT2D eigenvalue weighted by Crippen LogP contribution is 2.65. The number of nitrogens with one attached hydrogen (secondary N) is 2. The minimum absolute atomic E-state index is 0.140. The van der Waals surface area contributed by atoms with Gasteiger partial charge in [-0.2, -0.15) is 5.10 Å². The van der Waals surface area contributed by atoms with E-state index in [9.17, 15) is 9.59 Å². The number of carbonyl (C=O) groups excluding carboxylic acids is 2. The maximum atomic E-state index is 12.9. The number of nitrogens with zero attached hydrogens (tertiary/aromatic N) is 1. The maximum Gasteiger partial charge on any atom is 0.272 e. The number of hydrogen-bond acceptors (Lipinski definition) is 3. The Morgan fingerprint density at radius 3 is 2.26 bits per heavy atom. The van der Waals surface area contributed by atoms with Crippen molar-refractivity contribution in [2.45, 2.75) is 10.3 Å². The second-order valence-corrected chi connectivity index (χ2v) is 10.4. The SMILES string of the molecule is O=C(NN=Cc1ccccc1)c1cc(NC(=O)C2[C@@H](c3cc(Cl)cc(Cl)c3)C2(Cl)Cl)ccc1Cl. The molecule has 1 fully saturated rings. The Hall–Kier alpha value is -2.28. The number of alkyl halides is 2. The highest BCUT2D eigenvalue weighted by molar-refractivity contribution is 6.53. The van der Waals surface area contributed by atoms with E-state index in [1.165, 1.54) is 18.3 Å². The lowest BCUT2D eigenvalue weighted by atomic mass is 10.1. The van der Waals surface area contributed by atoms with Crippen LogP contribution < -0.4 is 10.7 Å². The molecule has 0 spiro atoms. The van der Waals surface area contributed by atoms with Gasteiger partial charge in [-0.25, -0.2) is 5.43 Å². The molecule has 2 atom stereocenters. The van der Waals surface area contributed by atoms with Crippen LogP contribution in [0, 0.1) is 5.92 Å². The predicted molar refractivity (Wildman–Crippen MR) is 139 cm³/mol. The molecule has 1 aliphatic carbocycles. The summed E-state index contributed by atoms with van der Waals surface area (Å²) in [5.41, 5.74) is 4.40. The molecular formula is C24H16Cl5N3O2. The van der Waals surface area contributed by atoms with Gasteiger partial charge in [0, 0.05) is 21.7 Å². The molecule has 3 aromatic carbocycles. The molecule has 0 aromatic heterocycles. The normalized spacial score (nSPS) is 18.5. The Morgan fingerprint density at radius 2 is 1.59 bits per heavy atom. The van der Waals surface area contributed by atoms with Crippen molar-refractivity contribution >= 4 is 81.7 Å². The molecule has 0 heterocycles. The summed E-state index contributed by atoms with van der Waals surface area (Å²) in [6.45, 7) is 0. The molecule has 1 saturated carbocycles. The van der Waals surface area contributed by atoms with Crippen LogP contribution in [-0.4, -0.2) is 22.4 Å². The van der Waals surface area contributed by atoms with Gasteiger partial charge < -0.3 is 5.32 Å². The van der Waals surface area contributed by atoms with Crippen molar-refractivity contribution in [2.75, 3.05) is 5.32 Å². The van der Waals surface area contributed by atoms with E-state index < -0.39 is 28.0 Å². The molecule has 3 aromatic rings. The van der Waals surface area contributed by atoms with Crippen molar-refractivity contribution in [3.05, 3.63) is 98.5 Å². The first kappa shape index (κ1) is 24.8. The molecule has 10 heteroatoms. The van der Waals surface area contributed by atoms with Crippen LogP contribution in [0.5, 0.6) is 0 Å². The average Bonchev–Trinajstić information content (AvgIpc) is 3.37.